The van der Waals surface area contributed by atoms with Gasteiger partial charge in [-0.25, -0.2) is 8.42 Å². The van der Waals surface area contributed by atoms with Crippen LogP contribution < -0.4 is 0 Å². The normalized spacial score (nSPS) is 11.5. The van der Waals surface area contributed by atoms with Crippen LogP contribution in [0.4, 0.5) is 0 Å². The minimum Gasteiger partial charge on any atom is -0.392 e. The van der Waals surface area contributed by atoms with Crippen LogP contribution in [0.3, 0.4) is 0 Å². The van der Waals surface area contributed by atoms with Crippen molar-refractivity contribution in [3.8, 4) is 11.8 Å². The maximum absolute atomic E-state index is 12.8. The molecule has 0 heterocycles. The number of benzene rings is 2. The Morgan fingerprint density at radius 1 is 1.04 bits per heavy atom. The zero-order valence-electron chi connectivity index (χ0n) is 14.1. The van der Waals surface area contributed by atoms with E-state index >= 15 is 0 Å². The van der Waals surface area contributed by atoms with Gasteiger partial charge in [-0.2, -0.15) is 4.31 Å². The molecule has 25 heavy (non-hydrogen) atoms. The first kappa shape index (κ1) is 18.9. The maximum atomic E-state index is 12.8. The van der Waals surface area contributed by atoms with Gasteiger partial charge in [0.05, 0.1) is 18.0 Å². The van der Waals surface area contributed by atoms with E-state index in [2.05, 4.69) is 11.8 Å². The van der Waals surface area contributed by atoms with Crippen molar-refractivity contribution in [2.24, 2.45) is 0 Å². The lowest BCUT2D eigenvalue weighted by Gasteiger charge is -2.18. The minimum atomic E-state index is -3.65. The van der Waals surface area contributed by atoms with Crippen molar-refractivity contribution in [1.29, 1.82) is 0 Å². The van der Waals surface area contributed by atoms with Gasteiger partial charge in [0.25, 0.3) is 0 Å². The van der Waals surface area contributed by atoms with Crippen LogP contribution in [0, 0.1) is 18.8 Å². The molecule has 2 rings (SSSR count). The number of aliphatic hydroxyl groups is 1. The highest BCUT2D eigenvalue weighted by Gasteiger charge is 2.22. The van der Waals surface area contributed by atoms with Gasteiger partial charge in [-0.3, -0.25) is 0 Å². The third-order valence-corrected chi connectivity index (χ3v) is 5.33. The van der Waals surface area contributed by atoms with Gasteiger partial charge >= 0.3 is 0 Å². The Morgan fingerprint density at radius 2 is 1.72 bits per heavy atom. The average Bonchev–Trinajstić information content (AvgIpc) is 2.62. The zero-order valence-corrected chi connectivity index (χ0v) is 14.9. The molecule has 2 aromatic carbocycles. The topological polar surface area (TPSA) is 57.6 Å². The van der Waals surface area contributed by atoms with Gasteiger partial charge in [-0.15, -0.1) is 0 Å². The van der Waals surface area contributed by atoms with Crippen LogP contribution in [-0.4, -0.2) is 37.5 Å². The van der Waals surface area contributed by atoms with Gasteiger partial charge in [0.15, 0.2) is 0 Å². The van der Waals surface area contributed by atoms with Crippen molar-refractivity contribution in [2.75, 3.05) is 19.7 Å². The Labute approximate surface area is 149 Å². The molecule has 0 amide bonds. The number of aryl methyl sites for hydroxylation is 1. The highest BCUT2D eigenvalue weighted by atomic mass is 32.2. The van der Waals surface area contributed by atoms with Crippen LogP contribution in [-0.2, 0) is 10.0 Å². The summed E-state index contributed by atoms with van der Waals surface area (Å²) in [5.74, 6) is 5.88. The van der Waals surface area contributed by atoms with Gasteiger partial charge in [0, 0.05) is 12.1 Å². The van der Waals surface area contributed by atoms with Crippen molar-refractivity contribution in [2.45, 2.75) is 11.8 Å². The summed E-state index contributed by atoms with van der Waals surface area (Å²) < 4.78 is 27.0. The van der Waals surface area contributed by atoms with Crippen LogP contribution in [0.5, 0.6) is 0 Å². The first-order valence-electron chi connectivity index (χ1n) is 7.90. The molecule has 0 aliphatic rings. The Hall–Kier alpha value is -2.39. The number of rotatable bonds is 6. The van der Waals surface area contributed by atoms with E-state index in [1.165, 1.54) is 10.4 Å². The lowest BCUT2D eigenvalue weighted by molar-refractivity contribution is 0.342. The molecule has 4 nitrogen and oxygen atoms in total. The fourth-order valence-corrected chi connectivity index (χ4v) is 3.42. The third-order valence-electron chi connectivity index (χ3n) is 3.50. The quantitative estimate of drug-likeness (QED) is 0.640. The van der Waals surface area contributed by atoms with E-state index in [9.17, 15) is 8.42 Å². The summed E-state index contributed by atoms with van der Waals surface area (Å²) in [6.45, 7) is 2.00. The molecule has 0 radical (unpaired) electrons. The molecule has 0 spiro atoms. The van der Waals surface area contributed by atoms with Crippen LogP contribution in [0.25, 0.3) is 0 Å². The third kappa shape index (κ3) is 5.57. The number of aliphatic hydroxyl groups excluding tert-OH is 1. The summed E-state index contributed by atoms with van der Waals surface area (Å²) in [5.41, 5.74) is 1.83. The molecule has 5 heteroatoms. The van der Waals surface area contributed by atoms with Gasteiger partial charge in [0.2, 0.25) is 10.0 Å². The predicted octanol–water partition coefficient (Wildman–Crippen LogP) is 2.59. The standard InChI is InChI=1S/C20H21NO3S/c1-18-11-13-20(14-12-18)25(23,24)21(15-5-6-17-22)16-7-10-19-8-3-2-4-9-19/h2-6,8-9,11-14,22H,15-17H2,1H3/b6-5+. The van der Waals surface area contributed by atoms with E-state index in [1.807, 2.05) is 37.3 Å². The molecule has 0 aliphatic carbocycles. The Bertz CT molecular complexity index is 861. The summed E-state index contributed by atoms with van der Waals surface area (Å²) in [5, 5.41) is 8.87. The van der Waals surface area contributed by atoms with Crippen molar-refractivity contribution in [3.63, 3.8) is 0 Å². The lowest BCUT2D eigenvalue weighted by Crippen LogP contribution is -2.31. The molecule has 0 aromatic heterocycles. The van der Waals surface area contributed by atoms with Crippen molar-refractivity contribution in [3.05, 3.63) is 77.9 Å². The molecule has 0 atom stereocenters. The summed E-state index contributed by atoms with van der Waals surface area (Å²) in [4.78, 5) is 0.233. The smallest absolute Gasteiger partial charge is 0.244 e. The molecular weight excluding hydrogens is 334 g/mol. The first-order valence-corrected chi connectivity index (χ1v) is 9.34. The number of hydrogen-bond acceptors (Lipinski definition) is 3. The SMILES string of the molecule is Cc1ccc(S(=O)(=O)N(CC#Cc2ccccc2)C/C=C/CO)cc1. The van der Waals surface area contributed by atoms with Crippen LogP contribution >= 0.6 is 0 Å². The van der Waals surface area contributed by atoms with Gasteiger partial charge in [-0.05, 0) is 31.2 Å². The molecule has 1 N–H and O–H groups in total. The van der Waals surface area contributed by atoms with E-state index < -0.39 is 10.0 Å². The van der Waals surface area contributed by atoms with Crippen LogP contribution in [0.1, 0.15) is 11.1 Å². The molecule has 130 valence electrons. The summed E-state index contributed by atoms with van der Waals surface area (Å²) >= 11 is 0. The van der Waals surface area contributed by atoms with Crippen molar-refractivity contribution in [1.82, 2.24) is 4.31 Å². The second-order valence-corrected chi connectivity index (χ2v) is 7.37. The molecule has 0 unspecified atom stereocenters. The van der Waals surface area contributed by atoms with E-state index in [0.29, 0.717) is 0 Å². The fourth-order valence-electron chi connectivity index (χ4n) is 2.12. The second kappa shape index (κ2) is 9.19. The van der Waals surface area contributed by atoms with E-state index in [0.717, 1.165) is 11.1 Å². The molecule has 2 aromatic rings. The van der Waals surface area contributed by atoms with Crippen LogP contribution in [0.2, 0.25) is 0 Å². The lowest BCUT2D eigenvalue weighted by atomic mass is 10.2. The largest absolute Gasteiger partial charge is 0.392 e. The molecule has 0 aliphatic heterocycles. The highest BCUT2D eigenvalue weighted by molar-refractivity contribution is 7.89. The Morgan fingerprint density at radius 3 is 2.36 bits per heavy atom. The van der Waals surface area contributed by atoms with Gasteiger partial charge in [0.1, 0.15) is 0 Å². The minimum absolute atomic E-state index is 0.0703. The molecule has 0 bridgehead atoms. The number of hydrogen-bond donors (Lipinski definition) is 1. The van der Waals surface area contributed by atoms with Gasteiger partial charge < -0.3 is 5.11 Å². The highest BCUT2D eigenvalue weighted by Crippen LogP contribution is 2.16. The number of sulfonamides is 1. The average molecular weight is 355 g/mol. The number of nitrogens with zero attached hydrogens (tertiary/aromatic N) is 1. The second-order valence-electron chi connectivity index (χ2n) is 5.43. The summed E-state index contributed by atoms with van der Waals surface area (Å²) in [7, 11) is -3.65. The Kier molecular flexibility index (Phi) is 6.96. The van der Waals surface area contributed by atoms with E-state index in [1.54, 1.807) is 30.3 Å². The van der Waals surface area contributed by atoms with Crippen molar-refractivity contribution < 1.29 is 13.5 Å². The summed E-state index contributed by atoms with van der Waals surface area (Å²) in [6.07, 6.45) is 3.14. The molecule has 0 fully saturated rings. The van der Waals surface area contributed by atoms with E-state index in [-0.39, 0.29) is 24.6 Å². The fraction of sp³-hybridized carbons (Fsp3) is 0.200. The monoisotopic (exact) mass is 355 g/mol. The summed E-state index contributed by atoms with van der Waals surface area (Å²) in [6, 6.07) is 16.1. The van der Waals surface area contributed by atoms with Crippen LogP contribution in [0.15, 0.2) is 71.6 Å². The Balaban J connectivity index is 2.24. The molecular formula is C20H21NO3S. The molecule has 0 saturated carbocycles. The van der Waals surface area contributed by atoms with E-state index in [4.69, 9.17) is 5.11 Å². The molecule has 0 saturated heterocycles. The maximum Gasteiger partial charge on any atom is 0.244 e. The van der Waals surface area contributed by atoms with Crippen molar-refractivity contribution >= 4 is 10.0 Å². The predicted molar refractivity (Wildman–Crippen MR) is 99.5 cm³/mol. The first-order chi connectivity index (χ1) is 12.0. The zero-order chi connectivity index (χ0) is 18.1. The van der Waals surface area contributed by atoms with Gasteiger partial charge in [-0.1, -0.05) is 59.9 Å².